The van der Waals surface area contributed by atoms with Crippen LogP contribution in [0.2, 0.25) is 0 Å². The highest BCUT2D eigenvalue weighted by atomic mass is 16.2. The van der Waals surface area contributed by atoms with Gasteiger partial charge in [0.2, 0.25) is 0 Å². The molecule has 1 aromatic rings. The Kier molecular flexibility index (Phi) is 4.90. The molecule has 6 heteroatoms. The van der Waals surface area contributed by atoms with Crippen LogP contribution in [0.4, 0.5) is 0 Å². The van der Waals surface area contributed by atoms with E-state index in [4.69, 9.17) is 0 Å². The molecule has 3 amide bonds. The Morgan fingerprint density at radius 3 is 2.21 bits per heavy atom. The van der Waals surface area contributed by atoms with Crippen molar-refractivity contribution >= 4 is 17.7 Å². The first-order valence-corrected chi connectivity index (χ1v) is 11.2. The van der Waals surface area contributed by atoms with E-state index in [0.717, 1.165) is 64.7 Å². The second kappa shape index (κ2) is 7.56. The maximum absolute atomic E-state index is 13.1. The number of imide groups is 1. The number of amides is 3. The van der Waals surface area contributed by atoms with E-state index in [1.165, 1.54) is 11.3 Å². The predicted molar refractivity (Wildman–Crippen MR) is 109 cm³/mol. The van der Waals surface area contributed by atoms with Crippen LogP contribution in [0.3, 0.4) is 0 Å². The smallest absolute Gasteiger partial charge is 0.261 e. The molecule has 0 bridgehead atoms. The molecule has 0 aromatic heterocycles. The van der Waals surface area contributed by atoms with Gasteiger partial charge in [-0.15, -0.1) is 0 Å². The van der Waals surface area contributed by atoms with Crippen LogP contribution in [-0.2, 0) is 0 Å². The third-order valence-corrected chi connectivity index (χ3v) is 7.41. The van der Waals surface area contributed by atoms with Crippen molar-refractivity contribution in [1.82, 2.24) is 15.1 Å². The second-order valence-electron chi connectivity index (χ2n) is 9.08. The minimum atomic E-state index is -0.219. The lowest BCUT2D eigenvalue weighted by Gasteiger charge is -2.29. The van der Waals surface area contributed by atoms with Crippen LogP contribution in [0.1, 0.15) is 76.0 Å². The van der Waals surface area contributed by atoms with Gasteiger partial charge in [0.15, 0.2) is 0 Å². The largest absolute Gasteiger partial charge is 0.339 e. The van der Waals surface area contributed by atoms with Gasteiger partial charge < -0.3 is 10.2 Å². The SMILES string of the molecule is O=C(c1ccc2c(c1)C(=O)N(C1CCCCC1)C2=O)N1CC[C@@H]2CNC[C@@H]2CC1. The first kappa shape index (κ1) is 18.8. The van der Waals surface area contributed by atoms with Crippen molar-refractivity contribution in [1.29, 1.82) is 0 Å². The van der Waals surface area contributed by atoms with Gasteiger partial charge in [-0.05, 0) is 68.8 Å². The molecule has 1 aliphatic carbocycles. The summed E-state index contributed by atoms with van der Waals surface area (Å²) in [6.45, 7) is 3.64. The summed E-state index contributed by atoms with van der Waals surface area (Å²) in [7, 11) is 0. The van der Waals surface area contributed by atoms with E-state index in [2.05, 4.69) is 5.32 Å². The zero-order valence-electron chi connectivity index (χ0n) is 16.9. The molecule has 29 heavy (non-hydrogen) atoms. The lowest BCUT2D eigenvalue weighted by molar-refractivity contribution is 0.0548. The van der Waals surface area contributed by atoms with Crippen LogP contribution < -0.4 is 5.32 Å². The molecule has 3 fully saturated rings. The number of carbonyl (C=O) groups is 3. The van der Waals surface area contributed by atoms with Crippen molar-refractivity contribution in [2.45, 2.75) is 51.0 Å². The van der Waals surface area contributed by atoms with Crippen LogP contribution in [0.25, 0.3) is 0 Å². The van der Waals surface area contributed by atoms with Crippen molar-refractivity contribution in [2.24, 2.45) is 11.8 Å². The summed E-state index contributed by atoms with van der Waals surface area (Å²) in [5.41, 5.74) is 1.39. The van der Waals surface area contributed by atoms with Gasteiger partial charge in [-0.1, -0.05) is 19.3 Å². The van der Waals surface area contributed by atoms with Gasteiger partial charge >= 0.3 is 0 Å². The summed E-state index contributed by atoms with van der Waals surface area (Å²) in [5.74, 6) is 0.901. The van der Waals surface area contributed by atoms with E-state index in [1.807, 2.05) is 4.90 Å². The fourth-order valence-electron chi connectivity index (χ4n) is 5.67. The molecule has 6 nitrogen and oxygen atoms in total. The molecular weight excluding hydrogens is 366 g/mol. The first-order valence-electron chi connectivity index (χ1n) is 11.2. The Balaban J connectivity index is 1.35. The highest BCUT2D eigenvalue weighted by Gasteiger charge is 2.41. The summed E-state index contributed by atoms with van der Waals surface area (Å²) >= 11 is 0. The van der Waals surface area contributed by atoms with Gasteiger partial charge in [-0.2, -0.15) is 0 Å². The number of carbonyl (C=O) groups excluding carboxylic acids is 3. The predicted octanol–water partition coefficient (Wildman–Crippen LogP) is 2.69. The van der Waals surface area contributed by atoms with Gasteiger partial charge in [0.05, 0.1) is 11.1 Å². The third kappa shape index (κ3) is 3.27. The number of rotatable bonds is 2. The monoisotopic (exact) mass is 395 g/mol. The van der Waals surface area contributed by atoms with Crippen LogP contribution in [0.15, 0.2) is 18.2 Å². The Labute approximate surface area is 171 Å². The van der Waals surface area contributed by atoms with Crippen LogP contribution in [0.5, 0.6) is 0 Å². The first-order chi connectivity index (χ1) is 14.1. The normalized spacial score (nSPS) is 27.7. The van der Waals surface area contributed by atoms with E-state index >= 15 is 0 Å². The number of likely N-dealkylation sites (tertiary alicyclic amines) is 1. The molecule has 0 radical (unpaired) electrons. The summed E-state index contributed by atoms with van der Waals surface area (Å²) in [6, 6.07) is 5.08. The van der Waals surface area contributed by atoms with Gasteiger partial charge in [-0.3, -0.25) is 19.3 Å². The highest BCUT2D eigenvalue weighted by Crippen LogP contribution is 2.32. The van der Waals surface area contributed by atoms with Crippen LogP contribution in [0, 0.1) is 11.8 Å². The number of fused-ring (bicyclic) bond motifs is 2. The Morgan fingerprint density at radius 2 is 1.52 bits per heavy atom. The molecule has 154 valence electrons. The highest BCUT2D eigenvalue weighted by molar-refractivity contribution is 6.22. The zero-order valence-corrected chi connectivity index (χ0v) is 16.9. The number of benzene rings is 1. The molecule has 2 atom stereocenters. The maximum atomic E-state index is 13.1. The van der Waals surface area contributed by atoms with Gasteiger partial charge in [-0.25, -0.2) is 0 Å². The summed E-state index contributed by atoms with van der Waals surface area (Å²) in [6.07, 6.45) is 7.14. The molecule has 0 spiro atoms. The lowest BCUT2D eigenvalue weighted by Crippen LogP contribution is -2.40. The number of nitrogens with zero attached hydrogens (tertiary/aromatic N) is 2. The Morgan fingerprint density at radius 1 is 0.862 bits per heavy atom. The van der Waals surface area contributed by atoms with Gasteiger partial charge in [0.25, 0.3) is 17.7 Å². The molecule has 1 aromatic carbocycles. The summed E-state index contributed by atoms with van der Waals surface area (Å²) < 4.78 is 0. The topological polar surface area (TPSA) is 69.7 Å². The van der Waals surface area contributed by atoms with E-state index in [-0.39, 0.29) is 23.8 Å². The quantitative estimate of drug-likeness (QED) is 0.782. The molecule has 2 saturated heterocycles. The van der Waals surface area contributed by atoms with E-state index in [9.17, 15) is 14.4 Å². The molecule has 1 N–H and O–H groups in total. The van der Waals surface area contributed by atoms with Crippen molar-refractivity contribution in [3.8, 4) is 0 Å². The minimum absolute atomic E-state index is 0.00827. The molecular formula is C23H29N3O3. The zero-order chi connectivity index (χ0) is 20.0. The van der Waals surface area contributed by atoms with Crippen molar-refractivity contribution < 1.29 is 14.4 Å². The average Bonchev–Trinajstić information content (AvgIpc) is 3.23. The summed E-state index contributed by atoms with van der Waals surface area (Å²) in [5, 5.41) is 3.46. The fourth-order valence-corrected chi connectivity index (χ4v) is 5.67. The van der Waals surface area contributed by atoms with Gasteiger partial charge in [0.1, 0.15) is 0 Å². The van der Waals surface area contributed by atoms with Gasteiger partial charge in [0, 0.05) is 24.7 Å². The van der Waals surface area contributed by atoms with Crippen molar-refractivity contribution in [2.75, 3.05) is 26.2 Å². The van der Waals surface area contributed by atoms with Crippen molar-refractivity contribution in [3.05, 3.63) is 34.9 Å². The minimum Gasteiger partial charge on any atom is -0.339 e. The van der Waals surface area contributed by atoms with E-state index in [0.29, 0.717) is 28.5 Å². The maximum Gasteiger partial charge on any atom is 0.261 e. The molecule has 3 heterocycles. The fraction of sp³-hybridized carbons (Fsp3) is 0.609. The number of hydrogen-bond acceptors (Lipinski definition) is 4. The Hall–Kier alpha value is -2.21. The molecule has 3 aliphatic heterocycles. The van der Waals surface area contributed by atoms with Crippen molar-refractivity contribution in [3.63, 3.8) is 0 Å². The molecule has 0 unspecified atom stereocenters. The summed E-state index contributed by atoms with van der Waals surface area (Å²) in [4.78, 5) is 42.4. The number of hydrogen-bond donors (Lipinski definition) is 1. The second-order valence-corrected chi connectivity index (χ2v) is 9.08. The molecule has 1 saturated carbocycles. The third-order valence-electron chi connectivity index (χ3n) is 7.41. The Bertz CT molecular complexity index is 832. The standard InChI is InChI=1S/C23H29N3O3/c27-21(25-10-8-16-13-24-14-17(16)9-11-25)15-6-7-19-20(12-15)23(29)26(22(19)28)18-4-2-1-3-5-18/h6-7,12,16-18,24H,1-5,8-11,13-14H2/t16-,17+. The van der Waals surface area contributed by atoms with E-state index in [1.54, 1.807) is 18.2 Å². The molecule has 4 aliphatic rings. The molecule has 5 rings (SSSR count). The van der Waals surface area contributed by atoms with Crippen LogP contribution in [-0.4, -0.2) is 59.7 Å². The van der Waals surface area contributed by atoms with E-state index < -0.39 is 0 Å². The number of nitrogens with one attached hydrogen (secondary N) is 1. The van der Waals surface area contributed by atoms with Crippen LogP contribution >= 0.6 is 0 Å². The average molecular weight is 396 g/mol. The lowest BCUT2D eigenvalue weighted by atomic mass is 9.92.